The first-order chi connectivity index (χ1) is 15.8. The number of carbonyl (C=O) groups is 3. The smallest absolute Gasteiger partial charge is 0.229 e. The number of methoxy groups -OCH3 is 2. The number of halogens is 2. The standard InChI is InChI=1S/C23H23Cl2N3O5/c1-32-19-11-20(33-2)18(10-16(19)25)28-12-13(8-22(28)30)23(31)26-14-5-6-17(15(24)9-14)27-7-3-4-21(27)29/h5-6,9-11,13H,3-4,7-8,12H2,1-2H3,(H,26,31)/t13-/m0/s1. The van der Waals surface area contributed by atoms with Gasteiger partial charge in [-0.25, -0.2) is 0 Å². The van der Waals surface area contributed by atoms with E-state index >= 15 is 0 Å². The summed E-state index contributed by atoms with van der Waals surface area (Å²) >= 11 is 12.6. The van der Waals surface area contributed by atoms with Crippen molar-refractivity contribution in [2.75, 3.05) is 42.4 Å². The number of nitrogens with one attached hydrogen (secondary N) is 1. The Bertz CT molecular complexity index is 1120. The van der Waals surface area contributed by atoms with E-state index in [1.807, 2.05) is 0 Å². The van der Waals surface area contributed by atoms with Gasteiger partial charge in [-0.2, -0.15) is 0 Å². The lowest BCUT2D eigenvalue weighted by atomic mass is 10.1. The molecular weight excluding hydrogens is 469 g/mol. The molecule has 2 aromatic rings. The molecule has 2 saturated heterocycles. The Kier molecular flexibility index (Phi) is 6.67. The van der Waals surface area contributed by atoms with E-state index in [0.717, 1.165) is 6.42 Å². The minimum absolute atomic E-state index is 0.0345. The minimum Gasteiger partial charge on any atom is -0.495 e. The molecule has 0 aromatic heterocycles. The molecule has 2 aromatic carbocycles. The Morgan fingerprint density at radius 1 is 0.970 bits per heavy atom. The molecule has 0 unspecified atom stereocenters. The Labute approximate surface area is 201 Å². The van der Waals surface area contributed by atoms with Crippen LogP contribution in [-0.2, 0) is 14.4 Å². The Balaban J connectivity index is 1.47. The van der Waals surface area contributed by atoms with Crippen LogP contribution in [0.15, 0.2) is 30.3 Å². The van der Waals surface area contributed by atoms with E-state index in [2.05, 4.69) is 5.32 Å². The maximum absolute atomic E-state index is 12.9. The van der Waals surface area contributed by atoms with Gasteiger partial charge in [-0.15, -0.1) is 0 Å². The second-order valence-corrected chi connectivity index (χ2v) is 8.68. The highest BCUT2D eigenvalue weighted by molar-refractivity contribution is 6.34. The van der Waals surface area contributed by atoms with Crippen molar-refractivity contribution < 1.29 is 23.9 Å². The summed E-state index contributed by atoms with van der Waals surface area (Å²) < 4.78 is 10.6. The van der Waals surface area contributed by atoms with Gasteiger partial charge in [0.05, 0.1) is 41.6 Å². The van der Waals surface area contributed by atoms with Gasteiger partial charge < -0.3 is 24.6 Å². The number of rotatable bonds is 6. The number of nitrogens with zero attached hydrogens (tertiary/aromatic N) is 2. The Hall–Kier alpha value is -2.97. The SMILES string of the molecule is COc1cc(OC)c(N2C[C@@H](C(=O)Nc3ccc(N4CCCC4=O)c(Cl)c3)CC2=O)cc1Cl. The fraction of sp³-hybridized carbons (Fsp3) is 0.348. The predicted molar refractivity (Wildman–Crippen MR) is 127 cm³/mol. The van der Waals surface area contributed by atoms with Crippen LogP contribution in [0.1, 0.15) is 19.3 Å². The molecule has 0 aliphatic carbocycles. The van der Waals surface area contributed by atoms with Crippen LogP contribution in [0.3, 0.4) is 0 Å². The molecule has 2 fully saturated rings. The van der Waals surface area contributed by atoms with Crippen molar-refractivity contribution in [2.45, 2.75) is 19.3 Å². The van der Waals surface area contributed by atoms with Gasteiger partial charge in [-0.3, -0.25) is 14.4 Å². The summed E-state index contributed by atoms with van der Waals surface area (Å²) in [7, 11) is 2.98. The van der Waals surface area contributed by atoms with Crippen molar-refractivity contribution in [3.63, 3.8) is 0 Å². The highest BCUT2D eigenvalue weighted by Gasteiger charge is 2.37. The van der Waals surface area contributed by atoms with Crippen molar-refractivity contribution >= 4 is 58.0 Å². The van der Waals surface area contributed by atoms with Gasteiger partial charge in [-0.05, 0) is 30.7 Å². The van der Waals surface area contributed by atoms with Gasteiger partial charge in [0, 0.05) is 37.7 Å². The first kappa shape index (κ1) is 23.2. The topological polar surface area (TPSA) is 88.2 Å². The zero-order valence-corrected chi connectivity index (χ0v) is 19.7. The molecule has 10 heteroatoms. The Morgan fingerprint density at radius 2 is 1.73 bits per heavy atom. The molecule has 174 valence electrons. The number of amides is 3. The van der Waals surface area contributed by atoms with Crippen LogP contribution < -0.4 is 24.6 Å². The van der Waals surface area contributed by atoms with Crippen LogP contribution in [0, 0.1) is 5.92 Å². The predicted octanol–water partition coefficient (Wildman–Crippen LogP) is 4.13. The molecular formula is C23H23Cl2N3O5. The molecule has 0 saturated carbocycles. The summed E-state index contributed by atoms with van der Waals surface area (Å²) in [5, 5.41) is 3.53. The van der Waals surface area contributed by atoms with E-state index in [-0.39, 0.29) is 30.7 Å². The van der Waals surface area contributed by atoms with Gasteiger partial charge in [0.25, 0.3) is 0 Å². The fourth-order valence-electron chi connectivity index (χ4n) is 4.12. The van der Waals surface area contributed by atoms with E-state index in [0.29, 0.717) is 51.6 Å². The monoisotopic (exact) mass is 491 g/mol. The van der Waals surface area contributed by atoms with Crippen LogP contribution in [0.4, 0.5) is 17.1 Å². The summed E-state index contributed by atoms with van der Waals surface area (Å²) in [6.45, 7) is 0.806. The van der Waals surface area contributed by atoms with Gasteiger partial charge in [0.1, 0.15) is 11.5 Å². The zero-order chi connectivity index (χ0) is 23.7. The zero-order valence-electron chi connectivity index (χ0n) is 18.2. The lowest BCUT2D eigenvalue weighted by Crippen LogP contribution is -2.28. The molecule has 1 N–H and O–H groups in total. The molecule has 2 heterocycles. The normalized spacial score (nSPS) is 18.1. The lowest BCUT2D eigenvalue weighted by molar-refractivity contribution is -0.122. The largest absolute Gasteiger partial charge is 0.495 e. The third kappa shape index (κ3) is 4.58. The van der Waals surface area contributed by atoms with Crippen molar-refractivity contribution in [1.29, 1.82) is 0 Å². The average molecular weight is 492 g/mol. The Morgan fingerprint density at radius 3 is 2.36 bits per heavy atom. The second-order valence-electron chi connectivity index (χ2n) is 7.87. The third-order valence-corrected chi connectivity index (χ3v) is 6.42. The molecule has 2 aliphatic rings. The van der Waals surface area contributed by atoms with Crippen LogP contribution >= 0.6 is 23.2 Å². The summed E-state index contributed by atoms with van der Waals surface area (Å²) in [4.78, 5) is 40.7. The van der Waals surface area contributed by atoms with E-state index in [9.17, 15) is 14.4 Å². The van der Waals surface area contributed by atoms with Gasteiger partial charge >= 0.3 is 0 Å². The quantitative estimate of drug-likeness (QED) is 0.656. The minimum atomic E-state index is -0.568. The van der Waals surface area contributed by atoms with E-state index in [1.54, 1.807) is 35.2 Å². The van der Waals surface area contributed by atoms with E-state index in [4.69, 9.17) is 32.7 Å². The first-order valence-electron chi connectivity index (χ1n) is 10.4. The van der Waals surface area contributed by atoms with Crippen LogP contribution in [-0.4, -0.2) is 45.0 Å². The average Bonchev–Trinajstić information content (AvgIpc) is 3.39. The summed E-state index contributed by atoms with van der Waals surface area (Å²) in [6, 6.07) is 8.23. The maximum Gasteiger partial charge on any atom is 0.229 e. The fourth-order valence-corrected chi connectivity index (χ4v) is 4.64. The number of hydrogen-bond acceptors (Lipinski definition) is 5. The molecule has 2 aliphatic heterocycles. The third-order valence-electron chi connectivity index (χ3n) is 5.82. The van der Waals surface area contributed by atoms with Gasteiger partial charge in [-0.1, -0.05) is 23.2 Å². The second kappa shape index (κ2) is 9.49. The number of anilines is 3. The van der Waals surface area contributed by atoms with Crippen LogP contribution in [0.2, 0.25) is 10.0 Å². The first-order valence-corrected chi connectivity index (χ1v) is 11.2. The van der Waals surface area contributed by atoms with Gasteiger partial charge in [0.15, 0.2) is 0 Å². The van der Waals surface area contributed by atoms with Crippen LogP contribution in [0.5, 0.6) is 11.5 Å². The maximum atomic E-state index is 12.9. The summed E-state index contributed by atoms with van der Waals surface area (Å²) in [6.07, 6.45) is 1.35. The van der Waals surface area contributed by atoms with E-state index in [1.165, 1.54) is 19.1 Å². The number of carbonyl (C=O) groups excluding carboxylic acids is 3. The number of benzene rings is 2. The van der Waals surface area contributed by atoms with E-state index < -0.39 is 5.92 Å². The van der Waals surface area contributed by atoms with Gasteiger partial charge in [0.2, 0.25) is 17.7 Å². The molecule has 0 bridgehead atoms. The molecule has 4 rings (SSSR count). The van der Waals surface area contributed by atoms with Crippen molar-refractivity contribution in [2.24, 2.45) is 5.92 Å². The van der Waals surface area contributed by atoms with Crippen molar-refractivity contribution in [1.82, 2.24) is 0 Å². The summed E-state index contributed by atoms with van der Waals surface area (Å²) in [5.74, 6) is -0.200. The molecule has 1 atom stereocenters. The number of ether oxygens (including phenoxy) is 2. The summed E-state index contributed by atoms with van der Waals surface area (Å²) in [5.41, 5.74) is 1.60. The van der Waals surface area contributed by atoms with Crippen LogP contribution in [0.25, 0.3) is 0 Å². The lowest BCUT2D eigenvalue weighted by Gasteiger charge is -2.21. The molecule has 8 nitrogen and oxygen atoms in total. The molecule has 0 spiro atoms. The van der Waals surface area contributed by atoms with Crippen molar-refractivity contribution in [3.05, 3.63) is 40.4 Å². The highest BCUT2D eigenvalue weighted by Crippen LogP contribution is 2.40. The molecule has 3 amide bonds. The molecule has 0 radical (unpaired) electrons. The molecule has 33 heavy (non-hydrogen) atoms. The van der Waals surface area contributed by atoms with Crippen molar-refractivity contribution in [3.8, 4) is 11.5 Å². The number of hydrogen-bond donors (Lipinski definition) is 1. The highest BCUT2D eigenvalue weighted by atomic mass is 35.5.